The molecule has 10 nitrogen and oxygen atoms in total. The van der Waals surface area contributed by atoms with E-state index in [2.05, 4.69) is 16.5 Å². The van der Waals surface area contributed by atoms with Gasteiger partial charge in [0.2, 0.25) is 11.4 Å². The number of aromatic nitrogens is 3. The number of anilines is 2. The molecule has 0 aliphatic heterocycles. The number of hydrogen-bond donors (Lipinski definition) is 3. The van der Waals surface area contributed by atoms with E-state index in [1.165, 1.54) is 38.6 Å². The monoisotopic (exact) mass is 531 g/mol. The maximum absolute atomic E-state index is 15.8. The fourth-order valence-electron chi connectivity index (χ4n) is 4.98. The highest BCUT2D eigenvalue weighted by molar-refractivity contribution is 6.03. The Morgan fingerprint density at radius 1 is 1.26 bits per heavy atom. The molecule has 1 saturated carbocycles. The maximum Gasteiger partial charge on any atom is 0.341 e. The first-order valence-corrected chi connectivity index (χ1v) is 12.1. The first-order valence-electron chi connectivity index (χ1n) is 12.1. The van der Waals surface area contributed by atoms with Crippen LogP contribution >= 0.6 is 0 Å². The predicted molar refractivity (Wildman–Crippen MR) is 146 cm³/mol. The third-order valence-electron chi connectivity index (χ3n) is 6.80. The number of benzene rings is 2. The molecule has 1 aliphatic rings. The molecule has 0 spiro atoms. The molecule has 1 fully saturated rings. The fourth-order valence-corrected chi connectivity index (χ4v) is 4.98. The third-order valence-corrected chi connectivity index (χ3v) is 6.80. The lowest BCUT2D eigenvalue weighted by Crippen LogP contribution is -2.23. The number of aromatic carboxylic acids is 1. The van der Waals surface area contributed by atoms with Crippen LogP contribution in [0.5, 0.6) is 11.5 Å². The highest BCUT2D eigenvalue weighted by atomic mass is 19.1. The zero-order valence-electron chi connectivity index (χ0n) is 21.3. The van der Waals surface area contributed by atoms with Crippen LogP contribution in [0.4, 0.5) is 16.2 Å². The van der Waals surface area contributed by atoms with E-state index >= 15 is 4.39 Å². The molecule has 0 saturated heterocycles. The van der Waals surface area contributed by atoms with Crippen molar-refractivity contribution in [2.45, 2.75) is 25.3 Å². The zero-order chi connectivity index (χ0) is 28.0. The molecule has 2 aromatic heterocycles. The summed E-state index contributed by atoms with van der Waals surface area (Å²) >= 11 is 0. The second-order valence-corrected chi connectivity index (χ2v) is 9.21. The molecule has 4 aromatic rings. The first kappa shape index (κ1) is 25.7. The van der Waals surface area contributed by atoms with Gasteiger partial charge in [0.1, 0.15) is 17.2 Å². The Bertz CT molecular complexity index is 1730. The second kappa shape index (κ2) is 9.75. The van der Waals surface area contributed by atoms with Crippen LogP contribution in [0.3, 0.4) is 0 Å². The summed E-state index contributed by atoms with van der Waals surface area (Å²) in [5.41, 5.74) is 12.3. The number of rotatable bonds is 8. The van der Waals surface area contributed by atoms with E-state index < -0.39 is 22.8 Å². The number of methoxy groups -OCH3 is 2. The number of nitrogen functional groups attached to an aromatic ring is 2. The first-order chi connectivity index (χ1) is 18.7. The summed E-state index contributed by atoms with van der Waals surface area (Å²) in [6.07, 6.45) is 4.68. The standard InChI is InChI=1S/C28H26FN5O5/c1-4-18-23(27(36)37)24(35)22-19(34(18)15-5-6-15)8-7-17(29)21(22)16-10-13(11-20(38-2)25(16)39-3)9-14-12-32-28(31)33-26(14)30/h4,7-8,10-12,15H,1,5-6,9H2,2-3H3,(H,36,37)(H4,30,31,32,33). The van der Waals surface area contributed by atoms with Crippen molar-refractivity contribution in [2.75, 3.05) is 25.7 Å². The summed E-state index contributed by atoms with van der Waals surface area (Å²) in [5.74, 6) is -1.47. The number of halogens is 1. The Morgan fingerprint density at radius 2 is 2.00 bits per heavy atom. The van der Waals surface area contributed by atoms with Crippen molar-refractivity contribution in [3.8, 4) is 22.6 Å². The van der Waals surface area contributed by atoms with Gasteiger partial charge in [0.05, 0.1) is 30.8 Å². The van der Waals surface area contributed by atoms with Crippen LogP contribution < -0.4 is 26.4 Å². The van der Waals surface area contributed by atoms with Crippen LogP contribution in [0.1, 0.15) is 46.1 Å². The van der Waals surface area contributed by atoms with Gasteiger partial charge in [0, 0.05) is 35.3 Å². The lowest BCUT2D eigenvalue weighted by molar-refractivity contribution is 0.0694. The van der Waals surface area contributed by atoms with Gasteiger partial charge in [-0.1, -0.05) is 6.58 Å². The molecule has 2 heterocycles. The normalized spacial score (nSPS) is 12.9. The summed E-state index contributed by atoms with van der Waals surface area (Å²) in [7, 11) is 2.83. The van der Waals surface area contributed by atoms with Crippen LogP contribution in [0.2, 0.25) is 0 Å². The van der Waals surface area contributed by atoms with Crippen LogP contribution in [-0.2, 0) is 6.42 Å². The van der Waals surface area contributed by atoms with Crippen LogP contribution in [0, 0.1) is 5.82 Å². The van der Waals surface area contributed by atoms with Crippen molar-refractivity contribution in [2.24, 2.45) is 0 Å². The van der Waals surface area contributed by atoms with Crippen molar-refractivity contribution in [1.29, 1.82) is 0 Å². The molecular formula is C28H26FN5O5. The number of nitrogens with two attached hydrogens (primary N) is 2. The maximum atomic E-state index is 15.8. The smallest absolute Gasteiger partial charge is 0.341 e. The molecule has 0 radical (unpaired) electrons. The summed E-state index contributed by atoms with van der Waals surface area (Å²) in [5, 5.41) is 9.93. The number of carbonyl (C=O) groups is 1. The Morgan fingerprint density at radius 3 is 2.59 bits per heavy atom. The molecule has 0 atom stereocenters. The van der Waals surface area contributed by atoms with Gasteiger partial charge in [-0.3, -0.25) is 4.79 Å². The summed E-state index contributed by atoms with van der Waals surface area (Å²) in [6.45, 7) is 3.74. The number of carboxylic acids is 1. The van der Waals surface area contributed by atoms with E-state index in [0.29, 0.717) is 16.6 Å². The number of carboxylic acid groups (broad SMARTS) is 1. The van der Waals surface area contributed by atoms with E-state index in [0.717, 1.165) is 12.8 Å². The summed E-state index contributed by atoms with van der Waals surface area (Å²) < 4.78 is 28.7. The number of hydrogen-bond acceptors (Lipinski definition) is 8. The average Bonchev–Trinajstić information content (AvgIpc) is 3.74. The van der Waals surface area contributed by atoms with E-state index in [-0.39, 0.29) is 57.9 Å². The zero-order valence-corrected chi connectivity index (χ0v) is 21.3. The number of fused-ring (bicyclic) bond motifs is 1. The molecule has 200 valence electrons. The van der Waals surface area contributed by atoms with E-state index in [1.807, 2.05) is 0 Å². The van der Waals surface area contributed by atoms with Gasteiger partial charge in [0.25, 0.3) is 0 Å². The molecule has 39 heavy (non-hydrogen) atoms. The molecule has 1 aliphatic carbocycles. The van der Waals surface area contributed by atoms with Gasteiger partial charge in [-0.05, 0) is 48.7 Å². The second-order valence-electron chi connectivity index (χ2n) is 9.21. The minimum absolute atomic E-state index is 0.0298. The van der Waals surface area contributed by atoms with Gasteiger partial charge < -0.3 is 30.6 Å². The quantitative estimate of drug-likeness (QED) is 0.305. The number of ether oxygens (including phenoxy) is 2. The van der Waals surface area contributed by atoms with Crippen LogP contribution in [-0.4, -0.2) is 39.8 Å². The van der Waals surface area contributed by atoms with Gasteiger partial charge in [0.15, 0.2) is 11.5 Å². The fraction of sp³-hybridized carbons (Fsp3) is 0.214. The minimum atomic E-state index is -1.42. The van der Waals surface area contributed by atoms with Crippen LogP contribution in [0.25, 0.3) is 28.1 Å². The molecule has 11 heteroatoms. The van der Waals surface area contributed by atoms with Crippen molar-refractivity contribution in [3.05, 3.63) is 75.5 Å². The predicted octanol–water partition coefficient (Wildman–Crippen LogP) is 4.05. The SMILES string of the molecule is C=Cc1c(C(=O)O)c(=O)c2c(-c3cc(Cc4cnc(N)nc4N)cc(OC)c3OC)c(F)ccc2n1C1CC1. The topological polar surface area (TPSA) is 156 Å². The van der Waals surface area contributed by atoms with Crippen molar-refractivity contribution < 1.29 is 23.8 Å². The Balaban J connectivity index is 1.87. The molecule has 0 unspecified atom stereocenters. The average molecular weight is 532 g/mol. The Labute approximate surface area is 222 Å². The highest BCUT2D eigenvalue weighted by Crippen LogP contribution is 2.45. The lowest BCUT2D eigenvalue weighted by atomic mass is 9.93. The summed E-state index contributed by atoms with van der Waals surface area (Å²) in [6, 6.07) is 6.06. The lowest BCUT2D eigenvalue weighted by Gasteiger charge is -2.21. The molecule has 0 bridgehead atoms. The number of nitrogens with zero attached hydrogens (tertiary/aromatic N) is 3. The Hall–Kier alpha value is -4.93. The van der Waals surface area contributed by atoms with Gasteiger partial charge >= 0.3 is 5.97 Å². The van der Waals surface area contributed by atoms with Gasteiger partial charge in [-0.15, -0.1) is 0 Å². The molecule has 5 rings (SSSR count). The molecular weight excluding hydrogens is 505 g/mol. The van der Waals surface area contributed by atoms with Crippen molar-refractivity contribution >= 4 is 34.7 Å². The highest BCUT2D eigenvalue weighted by Gasteiger charge is 2.32. The van der Waals surface area contributed by atoms with Crippen molar-refractivity contribution in [3.63, 3.8) is 0 Å². The molecule has 5 N–H and O–H groups in total. The van der Waals surface area contributed by atoms with E-state index in [9.17, 15) is 14.7 Å². The minimum Gasteiger partial charge on any atom is -0.493 e. The van der Waals surface area contributed by atoms with Crippen LogP contribution in [0.15, 0.2) is 41.8 Å². The largest absolute Gasteiger partial charge is 0.493 e. The molecule has 2 aromatic carbocycles. The van der Waals surface area contributed by atoms with Gasteiger partial charge in [-0.2, -0.15) is 4.98 Å². The van der Waals surface area contributed by atoms with Gasteiger partial charge in [-0.25, -0.2) is 14.2 Å². The van der Waals surface area contributed by atoms with E-state index in [4.69, 9.17) is 20.9 Å². The summed E-state index contributed by atoms with van der Waals surface area (Å²) in [4.78, 5) is 34.0. The van der Waals surface area contributed by atoms with E-state index in [1.54, 1.807) is 16.7 Å². The van der Waals surface area contributed by atoms with Crippen molar-refractivity contribution in [1.82, 2.24) is 14.5 Å². The third kappa shape index (κ3) is 4.31. The molecule has 0 amide bonds. The Kier molecular flexibility index (Phi) is 6.43. The number of pyridine rings is 1.